The van der Waals surface area contributed by atoms with Gasteiger partial charge in [0, 0.05) is 6.54 Å². The molecule has 1 heterocycles. The number of likely N-dealkylation sites (N-methyl/N-ethyl adjacent to an activating group) is 1. The number of nitrogens with one attached hydrogen (secondary N) is 1. The third-order valence-corrected chi connectivity index (χ3v) is 1.86. The molecule has 0 aromatic carbocycles. The molecule has 1 aliphatic heterocycles. The molecule has 1 N–H and O–H groups in total. The van der Waals surface area contributed by atoms with Crippen molar-refractivity contribution in [1.82, 2.24) is 10.2 Å². The van der Waals surface area contributed by atoms with Gasteiger partial charge in [0.1, 0.15) is 0 Å². The number of hydrogen-bond acceptors (Lipinski definition) is 2. The first-order valence-electron chi connectivity index (χ1n) is 3.52. The Labute approximate surface area is 67.5 Å². The van der Waals surface area contributed by atoms with E-state index >= 15 is 0 Å². The highest BCUT2D eigenvalue weighted by Crippen LogP contribution is 2.26. The molecular weight excluding hydrogens is 173 g/mol. The summed E-state index contributed by atoms with van der Waals surface area (Å²) in [6.45, 7) is -0.242. The van der Waals surface area contributed by atoms with E-state index in [1.807, 2.05) is 0 Å². The van der Waals surface area contributed by atoms with Crippen LogP contribution >= 0.6 is 0 Å². The summed E-state index contributed by atoms with van der Waals surface area (Å²) in [6.07, 6.45) is -4.31. The zero-order valence-corrected chi connectivity index (χ0v) is 6.48. The third-order valence-electron chi connectivity index (χ3n) is 1.86. The number of likely N-dealkylation sites (tertiary alicyclic amines) is 1. The van der Waals surface area contributed by atoms with Gasteiger partial charge in [0.05, 0.1) is 6.04 Å². The number of amides is 1. The van der Waals surface area contributed by atoms with Gasteiger partial charge in [0.25, 0.3) is 0 Å². The van der Waals surface area contributed by atoms with Crippen molar-refractivity contribution in [2.75, 3.05) is 13.6 Å². The predicted molar refractivity (Wildman–Crippen MR) is 35.2 cm³/mol. The molecule has 1 rings (SSSR count). The van der Waals surface area contributed by atoms with Crippen LogP contribution in [0.2, 0.25) is 0 Å². The number of hydrogen-bond donors (Lipinski definition) is 1. The summed E-state index contributed by atoms with van der Waals surface area (Å²) in [5.41, 5.74) is 0. The van der Waals surface area contributed by atoms with Gasteiger partial charge >= 0.3 is 6.30 Å². The van der Waals surface area contributed by atoms with E-state index in [9.17, 15) is 18.0 Å². The fourth-order valence-electron chi connectivity index (χ4n) is 1.20. The first-order chi connectivity index (χ1) is 5.46. The van der Waals surface area contributed by atoms with Crippen molar-refractivity contribution in [1.29, 1.82) is 0 Å². The molecule has 1 fully saturated rings. The van der Waals surface area contributed by atoms with Crippen LogP contribution in [-0.4, -0.2) is 36.7 Å². The first kappa shape index (κ1) is 9.31. The molecule has 0 aromatic rings. The Hall–Kier alpha value is -0.780. The Kier molecular flexibility index (Phi) is 2.27. The molecule has 3 nitrogen and oxygen atoms in total. The minimum atomic E-state index is -4.53. The molecular formula is C6H9F3N2O. The quantitative estimate of drug-likeness (QED) is 0.592. The predicted octanol–water partition coefficient (Wildman–Crippen LogP) is 0.326. The number of nitrogens with zero attached hydrogens (tertiary/aromatic N) is 1. The Morgan fingerprint density at radius 2 is 2.17 bits per heavy atom. The molecule has 1 unspecified atom stereocenters. The van der Waals surface area contributed by atoms with Gasteiger partial charge in [0.15, 0.2) is 0 Å². The summed E-state index contributed by atoms with van der Waals surface area (Å²) in [7, 11) is 1.47. The fraction of sp³-hybridized carbons (Fsp3) is 0.833. The van der Waals surface area contributed by atoms with Crippen molar-refractivity contribution < 1.29 is 18.0 Å². The fourth-order valence-corrected chi connectivity index (χ4v) is 1.20. The van der Waals surface area contributed by atoms with Crippen LogP contribution in [0.15, 0.2) is 0 Å². The minimum absolute atomic E-state index is 0.0613. The maximum Gasteiger partial charge on any atom is 0.487 e. The van der Waals surface area contributed by atoms with E-state index in [1.54, 1.807) is 0 Å². The normalized spacial score (nSPS) is 25.2. The lowest BCUT2D eigenvalue weighted by Crippen LogP contribution is -2.43. The van der Waals surface area contributed by atoms with Crippen molar-refractivity contribution in [2.45, 2.75) is 18.8 Å². The lowest BCUT2D eigenvalue weighted by molar-refractivity contribution is -0.235. The van der Waals surface area contributed by atoms with Gasteiger partial charge in [-0.05, 0) is 13.5 Å². The molecule has 1 saturated heterocycles. The second kappa shape index (κ2) is 2.93. The molecule has 1 atom stereocenters. The van der Waals surface area contributed by atoms with Crippen molar-refractivity contribution in [3.8, 4) is 0 Å². The molecule has 70 valence electrons. The van der Waals surface area contributed by atoms with Crippen LogP contribution in [0.3, 0.4) is 0 Å². The van der Waals surface area contributed by atoms with Gasteiger partial charge in [0.2, 0.25) is 5.91 Å². The zero-order valence-electron chi connectivity index (χ0n) is 6.48. The summed E-state index contributed by atoms with van der Waals surface area (Å²) in [5, 5.41) is 2.52. The van der Waals surface area contributed by atoms with Gasteiger partial charge in [-0.2, -0.15) is 0 Å². The Morgan fingerprint density at radius 1 is 1.58 bits per heavy atom. The van der Waals surface area contributed by atoms with E-state index in [2.05, 4.69) is 5.32 Å². The molecule has 0 bridgehead atoms. The second-order valence-corrected chi connectivity index (χ2v) is 2.59. The number of carbonyl (C=O) groups is 1. The number of rotatable bonds is 1. The van der Waals surface area contributed by atoms with Crippen molar-refractivity contribution in [3.63, 3.8) is 0 Å². The molecule has 0 spiro atoms. The Balaban J connectivity index is 2.67. The second-order valence-electron chi connectivity index (χ2n) is 2.59. The van der Waals surface area contributed by atoms with Crippen LogP contribution in [-0.2, 0) is 4.79 Å². The van der Waals surface area contributed by atoms with Crippen molar-refractivity contribution in [3.05, 3.63) is 0 Å². The van der Waals surface area contributed by atoms with Gasteiger partial charge in [-0.15, -0.1) is 13.2 Å². The van der Waals surface area contributed by atoms with Crippen LogP contribution in [0, 0.1) is 0 Å². The topological polar surface area (TPSA) is 32.3 Å². The number of carbonyl (C=O) groups excluding carboxylic acids is 1. The van der Waals surface area contributed by atoms with E-state index in [-0.39, 0.29) is 17.9 Å². The minimum Gasteiger partial charge on any atom is -0.309 e. The van der Waals surface area contributed by atoms with Crippen molar-refractivity contribution >= 4 is 5.91 Å². The summed E-state index contributed by atoms with van der Waals surface area (Å²) < 4.78 is 36.0. The molecule has 0 saturated carbocycles. The van der Waals surface area contributed by atoms with Crippen LogP contribution in [0.25, 0.3) is 0 Å². The van der Waals surface area contributed by atoms with Crippen LogP contribution in [0.1, 0.15) is 6.42 Å². The molecule has 1 amide bonds. The van der Waals surface area contributed by atoms with Gasteiger partial charge in [-0.3, -0.25) is 9.69 Å². The molecule has 0 aromatic heterocycles. The van der Waals surface area contributed by atoms with Crippen LogP contribution < -0.4 is 5.32 Å². The Bertz CT molecular complexity index is 192. The van der Waals surface area contributed by atoms with Crippen molar-refractivity contribution in [2.24, 2.45) is 0 Å². The number of halogens is 3. The maximum absolute atomic E-state index is 12.0. The van der Waals surface area contributed by atoms with E-state index in [4.69, 9.17) is 0 Å². The van der Waals surface area contributed by atoms with E-state index < -0.39 is 18.2 Å². The standard InChI is InChI=1S/C6H9F3N2O/c1-10-4-2-3-11(5(4)12)6(7,8)9/h4,10H,2-3H2,1H3. The zero-order chi connectivity index (χ0) is 9.35. The van der Waals surface area contributed by atoms with Crippen LogP contribution in [0.5, 0.6) is 0 Å². The van der Waals surface area contributed by atoms with Gasteiger partial charge in [-0.25, -0.2) is 0 Å². The lowest BCUT2D eigenvalue weighted by Gasteiger charge is -2.19. The Morgan fingerprint density at radius 3 is 2.42 bits per heavy atom. The van der Waals surface area contributed by atoms with Gasteiger partial charge in [-0.1, -0.05) is 0 Å². The molecule has 0 aliphatic carbocycles. The van der Waals surface area contributed by atoms with Crippen LogP contribution in [0.4, 0.5) is 13.2 Å². The van der Waals surface area contributed by atoms with Gasteiger partial charge < -0.3 is 5.32 Å². The largest absolute Gasteiger partial charge is 0.487 e. The summed E-state index contributed by atoms with van der Waals surface area (Å²) in [6, 6.07) is -0.674. The third kappa shape index (κ3) is 1.52. The van der Waals surface area contributed by atoms with E-state index in [1.165, 1.54) is 7.05 Å². The maximum atomic E-state index is 12.0. The molecule has 12 heavy (non-hydrogen) atoms. The summed E-state index contributed by atoms with van der Waals surface area (Å²) in [5.74, 6) is -0.884. The summed E-state index contributed by atoms with van der Waals surface area (Å²) in [4.78, 5) is 10.9. The number of alkyl halides is 3. The average Bonchev–Trinajstić information content (AvgIpc) is 2.29. The molecule has 0 radical (unpaired) electrons. The molecule has 1 aliphatic rings. The highest BCUT2D eigenvalue weighted by Gasteiger charge is 2.46. The van der Waals surface area contributed by atoms with E-state index in [0.717, 1.165) is 0 Å². The first-order valence-corrected chi connectivity index (χ1v) is 3.52. The SMILES string of the molecule is CNC1CCN(C(F)(F)F)C1=O. The van der Waals surface area contributed by atoms with E-state index in [0.29, 0.717) is 0 Å². The smallest absolute Gasteiger partial charge is 0.309 e. The summed E-state index contributed by atoms with van der Waals surface area (Å²) >= 11 is 0. The average molecular weight is 182 g/mol. The highest BCUT2D eigenvalue weighted by atomic mass is 19.4. The monoisotopic (exact) mass is 182 g/mol. The molecule has 6 heteroatoms. The lowest BCUT2D eigenvalue weighted by atomic mass is 10.3. The highest BCUT2D eigenvalue weighted by molar-refractivity contribution is 5.84.